The van der Waals surface area contributed by atoms with Crippen LogP contribution >= 0.6 is 0 Å². The number of carbonyl (C=O) groups excluding carboxylic acids is 1. The van der Waals surface area contributed by atoms with Crippen LogP contribution in [-0.4, -0.2) is 11.5 Å². The van der Waals surface area contributed by atoms with Crippen molar-refractivity contribution in [2.24, 2.45) is 10.4 Å². The number of rotatable bonds is 0. The lowest BCUT2D eigenvalue weighted by atomic mass is 9.86. The van der Waals surface area contributed by atoms with Crippen molar-refractivity contribution in [2.45, 2.75) is 34.1 Å². The first-order valence-electron chi connectivity index (χ1n) is 4.19. The number of hydrogen-bond acceptors (Lipinski definition) is 2. The van der Waals surface area contributed by atoms with Gasteiger partial charge in [-0.05, 0) is 6.92 Å². The molecule has 1 rings (SSSR count). The molecule has 0 bridgehead atoms. The Hall–Kier alpha value is -0.920. The zero-order valence-corrected chi connectivity index (χ0v) is 8.14. The van der Waals surface area contributed by atoms with E-state index in [1.54, 1.807) is 6.08 Å². The van der Waals surface area contributed by atoms with E-state index in [1.807, 2.05) is 6.92 Å². The smallest absolute Gasteiger partial charge is 0.163 e. The SMILES string of the molecule is CC1=CC(=O)CC(C(C)(C)C)=N1. The van der Waals surface area contributed by atoms with Crippen molar-refractivity contribution in [3.63, 3.8) is 0 Å². The highest BCUT2D eigenvalue weighted by Gasteiger charge is 2.23. The molecule has 0 fully saturated rings. The summed E-state index contributed by atoms with van der Waals surface area (Å²) >= 11 is 0. The summed E-state index contributed by atoms with van der Waals surface area (Å²) in [5.41, 5.74) is 1.84. The summed E-state index contributed by atoms with van der Waals surface area (Å²) in [4.78, 5) is 15.5. The van der Waals surface area contributed by atoms with E-state index in [2.05, 4.69) is 25.8 Å². The molecule has 12 heavy (non-hydrogen) atoms. The molecule has 0 saturated carbocycles. The van der Waals surface area contributed by atoms with E-state index < -0.39 is 0 Å². The summed E-state index contributed by atoms with van der Waals surface area (Å²) in [6.07, 6.45) is 2.09. The zero-order valence-electron chi connectivity index (χ0n) is 8.14. The molecule has 0 N–H and O–H groups in total. The third-order valence-electron chi connectivity index (χ3n) is 1.89. The van der Waals surface area contributed by atoms with Crippen molar-refractivity contribution in [3.05, 3.63) is 11.8 Å². The number of hydrogen-bond donors (Lipinski definition) is 0. The second kappa shape index (κ2) is 2.85. The molecule has 0 aromatic carbocycles. The summed E-state index contributed by atoms with van der Waals surface area (Å²) in [7, 11) is 0. The molecule has 0 spiro atoms. The minimum absolute atomic E-state index is 0.0190. The number of allylic oxidation sites excluding steroid dienone is 2. The first-order valence-corrected chi connectivity index (χ1v) is 4.19. The monoisotopic (exact) mass is 165 g/mol. The summed E-state index contributed by atoms with van der Waals surface area (Å²) in [6.45, 7) is 8.11. The van der Waals surface area contributed by atoms with Crippen LogP contribution in [0.25, 0.3) is 0 Å². The lowest BCUT2D eigenvalue weighted by Gasteiger charge is -2.22. The van der Waals surface area contributed by atoms with Gasteiger partial charge in [0.15, 0.2) is 5.78 Å². The highest BCUT2D eigenvalue weighted by molar-refractivity contribution is 6.10. The lowest BCUT2D eigenvalue weighted by Crippen LogP contribution is -2.25. The first-order chi connectivity index (χ1) is 5.39. The molecule has 2 nitrogen and oxygen atoms in total. The Morgan fingerprint density at radius 3 is 2.42 bits per heavy atom. The van der Waals surface area contributed by atoms with E-state index in [9.17, 15) is 4.79 Å². The summed E-state index contributed by atoms with van der Waals surface area (Å²) in [6, 6.07) is 0. The first kappa shape index (κ1) is 9.17. The summed E-state index contributed by atoms with van der Waals surface area (Å²) < 4.78 is 0. The fourth-order valence-corrected chi connectivity index (χ4v) is 1.17. The van der Waals surface area contributed by atoms with Gasteiger partial charge in [-0.3, -0.25) is 9.79 Å². The molecule has 0 aromatic rings. The molecule has 2 heteroatoms. The van der Waals surface area contributed by atoms with Crippen molar-refractivity contribution in [2.75, 3.05) is 0 Å². The Balaban J connectivity index is 2.95. The standard InChI is InChI=1S/C10H15NO/c1-7-5-8(12)6-9(11-7)10(2,3)4/h5H,6H2,1-4H3. The average molecular weight is 165 g/mol. The zero-order chi connectivity index (χ0) is 9.35. The van der Waals surface area contributed by atoms with Crippen LogP contribution in [0.4, 0.5) is 0 Å². The van der Waals surface area contributed by atoms with Gasteiger partial charge in [-0.15, -0.1) is 0 Å². The Labute approximate surface area is 73.4 Å². The van der Waals surface area contributed by atoms with E-state index >= 15 is 0 Å². The number of aliphatic imine (C=N–C) groups is 1. The maximum atomic E-state index is 11.2. The van der Waals surface area contributed by atoms with E-state index in [0.717, 1.165) is 11.4 Å². The van der Waals surface area contributed by atoms with Crippen LogP contribution in [0.2, 0.25) is 0 Å². The molecule has 0 aliphatic carbocycles. The van der Waals surface area contributed by atoms with E-state index in [4.69, 9.17) is 0 Å². The molecule has 1 aliphatic heterocycles. The molecular weight excluding hydrogens is 150 g/mol. The highest BCUT2D eigenvalue weighted by atomic mass is 16.1. The van der Waals surface area contributed by atoms with Gasteiger partial charge in [0.05, 0.1) is 0 Å². The topological polar surface area (TPSA) is 29.4 Å². The molecular formula is C10H15NO. The number of ketones is 1. The van der Waals surface area contributed by atoms with E-state index in [-0.39, 0.29) is 11.2 Å². The minimum Gasteiger partial charge on any atom is -0.294 e. The fraction of sp³-hybridized carbons (Fsp3) is 0.600. The molecule has 0 atom stereocenters. The molecule has 1 heterocycles. The van der Waals surface area contributed by atoms with Gasteiger partial charge in [-0.25, -0.2) is 0 Å². The Bertz CT molecular complexity index is 266. The van der Waals surface area contributed by atoms with Crippen molar-refractivity contribution in [1.82, 2.24) is 0 Å². The minimum atomic E-state index is 0.0190. The third-order valence-corrected chi connectivity index (χ3v) is 1.89. The molecule has 1 aliphatic rings. The van der Waals surface area contributed by atoms with E-state index in [1.165, 1.54) is 0 Å². The predicted molar refractivity (Wildman–Crippen MR) is 50.3 cm³/mol. The van der Waals surface area contributed by atoms with Crippen LogP contribution in [0.5, 0.6) is 0 Å². The number of nitrogens with zero attached hydrogens (tertiary/aromatic N) is 1. The second-order valence-corrected chi connectivity index (χ2v) is 4.24. The second-order valence-electron chi connectivity index (χ2n) is 4.24. The molecule has 0 radical (unpaired) electrons. The summed E-state index contributed by atoms with van der Waals surface area (Å²) in [5.74, 6) is 0.174. The average Bonchev–Trinajstić information content (AvgIpc) is 1.82. The van der Waals surface area contributed by atoms with Gasteiger partial charge in [0.25, 0.3) is 0 Å². The largest absolute Gasteiger partial charge is 0.294 e. The maximum absolute atomic E-state index is 11.2. The van der Waals surface area contributed by atoms with Crippen LogP contribution < -0.4 is 0 Å². The fourth-order valence-electron chi connectivity index (χ4n) is 1.17. The molecule has 66 valence electrons. The third kappa shape index (κ3) is 2.03. The molecule has 0 saturated heterocycles. The van der Waals surface area contributed by atoms with Gasteiger partial charge in [-0.2, -0.15) is 0 Å². The summed E-state index contributed by atoms with van der Waals surface area (Å²) in [5, 5.41) is 0. The van der Waals surface area contributed by atoms with Gasteiger partial charge in [0.1, 0.15) is 0 Å². The quantitative estimate of drug-likeness (QED) is 0.541. The van der Waals surface area contributed by atoms with Crippen molar-refractivity contribution < 1.29 is 4.79 Å². The Kier molecular flexibility index (Phi) is 2.18. The highest BCUT2D eigenvalue weighted by Crippen LogP contribution is 2.22. The van der Waals surface area contributed by atoms with Gasteiger partial charge >= 0.3 is 0 Å². The van der Waals surface area contributed by atoms with Gasteiger partial charge in [0.2, 0.25) is 0 Å². The van der Waals surface area contributed by atoms with Crippen LogP contribution in [0, 0.1) is 5.41 Å². The van der Waals surface area contributed by atoms with Crippen molar-refractivity contribution in [3.8, 4) is 0 Å². The number of carbonyl (C=O) groups is 1. The van der Waals surface area contributed by atoms with Gasteiger partial charge in [-0.1, -0.05) is 20.8 Å². The lowest BCUT2D eigenvalue weighted by molar-refractivity contribution is -0.113. The maximum Gasteiger partial charge on any atom is 0.163 e. The van der Waals surface area contributed by atoms with E-state index in [0.29, 0.717) is 6.42 Å². The Morgan fingerprint density at radius 1 is 1.42 bits per heavy atom. The molecule has 0 amide bonds. The Morgan fingerprint density at radius 2 is 2.00 bits per heavy atom. The van der Waals surface area contributed by atoms with Gasteiger partial charge in [0, 0.05) is 29.3 Å². The van der Waals surface area contributed by atoms with Gasteiger partial charge < -0.3 is 0 Å². The predicted octanol–water partition coefficient (Wildman–Crippen LogP) is 2.35. The molecule has 0 aromatic heterocycles. The van der Waals surface area contributed by atoms with Crippen LogP contribution in [0.15, 0.2) is 16.8 Å². The van der Waals surface area contributed by atoms with Crippen LogP contribution in [0.3, 0.4) is 0 Å². The van der Waals surface area contributed by atoms with Crippen molar-refractivity contribution >= 4 is 11.5 Å². The van der Waals surface area contributed by atoms with Crippen LogP contribution in [0.1, 0.15) is 34.1 Å². The molecule has 0 unspecified atom stereocenters. The van der Waals surface area contributed by atoms with Crippen LogP contribution in [-0.2, 0) is 4.79 Å². The normalized spacial score (nSPS) is 18.8. The van der Waals surface area contributed by atoms with Crippen molar-refractivity contribution in [1.29, 1.82) is 0 Å².